The van der Waals surface area contributed by atoms with Crippen molar-refractivity contribution in [3.05, 3.63) is 46.8 Å². The largest absolute Gasteiger partial charge is 0.338 e. The number of carbonyl (C=O) groups is 1. The van der Waals surface area contributed by atoms with E-state index in [-0.39, 0.29) is 5.91 Å². The Labute approximate surface area is 185 Å². The predicted octanol–water partition coefficient (Wildman–Crippen LogP) is 2.90. The lowest BCUT2D eigenvalue weighted by Crippen LogP contribution is -2.38. The van der Waals surface area contributed by atoms with Crippen LogP contribution in [0.5, 0.6) is 0 Å². The molecule has 0 N–H and O–H groups in total. The minimum Gasteiger partial charge on any atom is -0.338 e. The Bertz CT molecular complexity index is 1070. The molecule has 0 unspecified atom stereocenters. The van der Waals surface area contributed by atoms with E-state index < -0.39 is 10.0 Å². The first-order valence-corrected chi connectivity index (χ1v) is 12.6. The maximum Gasteiger partial charge on any atom is 0.246 e. The molecule has 31 heavy (non-hydrogen) atoms. The van der Waals surface area contributed by atoms with Gasteiger partial charge in [-0.2, -0.15) is 9.40 Å². The van der Waals surface area contributed by atoms with E-state index in [2.05, 4.69) is 24.2 Å². The molecule has 1 saturated heterocycles. The molecule has 1 amide bonds. The molecule has 3 heterocycles. The number of hydrogen-bond acceptors (Lipinski definition) is 4. The molecule has 8 heteroatoms. The molecule has 1 aromatic carbocycles. The van der Waals surface area contributed by atoms with E-state index in [9.17, 15) is 13.2 Å². The summed E-state index contributed by atoms with van der Waals surface area (Å²) >= 11 is 0. The molecule has 1 fully saturated rings. The Kier molecular flexibility index (Phi) is 6.21. The summed E-state index contributed by atoms with van der Waals surface area (Å²) in [6, 6.07) is 8.25. The van der Waals surface area contributed by atoms with Crippen LogP contribution in [0.25, 0.3) is 0 Å². The van der Waals surface area contributed by atoms with E-state index in [0.29, 0.717) is 54.8 Å². The van der Waals surface area contributed by atoms with Crippen molar-refractivity contribution >= 4 is 15.9 Å². The van der Waals surface area contributed by atoms with E-state index in [4.69, 9.17) is 0 Å². The first-order chi connectivity index (χ1) is 14.8. The van der Waals surface area contributed by atoms with Gasteiger partial charge >= 0.3 is 0 Å². The van der Waals surface area contributed by atoms with Gasteiger partial charge in [-0.3, -0.25) is 9.48 Å². The highest BCUT2D eigenvalue weighted by Gasteiger charge is 2.33. The Morgan fingerprint density at radius 2 is 1.77 bits per heavy atom. The molecule has 4 rings (SSSR count). The number of fused-ring (bicyclic) bond motifs is 1. The minimum absolute atomic E-state index is 0.0801. The lowest BCUT2D eigenvalue weighted by atomic mass is 10.00. The van der Waals surface area contributed by atoms with E-state index >= 15 is 0 Å². The molecule has 7 nitrogen and oxygen atoms in total. The third kappa shape index (κ3) is 4.41. The summed E-state index contributed by atoms with van der Waals surface area (Å²) in [5.41, 5.74) is 3.65. The molecule has 0 aliphatic carbocycles. The summed E-state index contributed by atoms with van der Waals surface area (Å²) in [5.74, 6) is 0.639. The zero-order valence-electron chi connectivity index (χ0n) is 18.7. The molecule has 0 atom stereocenters. The number of benzene rings is 1. The quantitative estimate of drug-likeness (QED) is 0.711. The van der Waals surface area contributed by atoms with Crippen molar-refractivity contribution in [3.63, 3.8) is 0 Å². The Balaban J connectivity index is 1.44. The average Bonchev–Trinajstić information content (AvgIpc) is 3.05. The first-order valence-electron chi connectivity index (χ1n) is 11.2. The van der Waals surface area contributed by atoms with Crippen LogP contribution in [0.15, 0.2) is 29.2 Å². The summed E-state index contributed by atoms with van der Waals surface area (Å²) < 4.78 is 29.8. The van der Waals surface area contributed by atoms with Gasteiger partial charge in [0, 0.05) is 32.6 Å². The van der Waals surface area contributed by atoms with Crippen molar-refractivity contribution in [1.29, 1.82) is 0 Å². The van der Waals surface area contributed by atoms with Crippen molar-refractivity contribution in [2.75, 3.05) is 19.6 Å². The van der Waals surface area contributed by atoms with Crippen LogP contribution >= 0.6 is 0 Å². The van der Waals surface area contributed by atoms with Crippen LogP contribution in [0, 0.1) is 19.8 Å². The highest BCUT2D eigenvalue weighted by atomic mass is 32.2. The van der Waals surface area contributed by atoms with E-state index in [1.165, 1.54) is 11.1 Å². The number of hydrogen-bond donors (Lipinski definition) is 0. The predicted molar refractivity (Wildman–Crippen MR) is 119 cm³/mol. The van der Waals surface area contributed by atoms with Gasteiger partial charge in [0.2, 0.25) is 15.9 Å². The zero-order valence-corrected chi connectivity index (χ0v) is 19.5. The lowest BCUT2D eigenvalue weighted by Gasteiger charge is -2.29. The molecule has 0 saturated carbocycles. The van der Waals surface area contributed by atoms with Crippen molar-refractivity contribution in [1.82, 2.24) is 19.0 Å². The maximum absolute atomic E-state index is 13.2. The van der Waals surface area contributed by atoms with E-state index in [1.54, 1.807) is 22.8 Å². The fourth-order valence-electron chi connectivity index (χ4n) is 4.69. The van der Waals surface area contributed by atoms with Crippen molar-refractivity contribution < 1.29 is 13.2 Å². The number of amides is 1. The fourth-order valence-corrected chi connectivity index (χ4v) is 6.54. The van der Waals surface area contributed by atoms with Gasteiger partial charge in [0.05, 0.1) is 17.9 Å². The second kappa shape index (κ2) is 8.74. The van der Waals surface area contributed by atoms with Gasteiger partial charge in [0.1, 0.15) is 4.90 Å². The third-order valence-electron chi connectivity index (χ3n) is 6.68. The smallest absolute Gasteiger partial charge is 0.246 e. The van der Waals surface area contributed by atoms with Gasteiger partial charge in [-0.25, -0.2) is 8.42 Å². The highest BCUT2D eigenvalue weighted by molar-refractivity contribution is 7.89. The Morgan fingerprint density at radius 1 is 1.10 bits per heavy atom. The molecular weight excluding hydrogens is 412 g/mol. The molecule has 168 valence electrons. The number of piperidine rings is 1. The van der Waals surface area contributed by atoms with Crippen LogP contribution < -0.4 is 0 Å². The third-order valence-corrected chi connectivity index (χ3v) is 8.83. The van der Waals surface area contributed by atoms with Crippen LogP contribution in [0.2, 0.25) is 0 Å². The lowest BCUT2D eigenvalue weighted by molar-refractivity contribution is -0.132. The summed E-state index contributed by atoms with van der Waals surface area (Å²) in [4.78, 5) is 15.0. The van der Waals surface area contributed by atoms with Gasteiger partial charge < -0.3 is 4.90 Å². The summed E-state index contributed by atoms with van der Waals surface area (Å²) in [6.07, 6.45) is 2.96. The van der Waals surface area contributed by atoms with Crippen molar-refractivity contribution in [3.8, 4) is 0 Å². The number of sulfonamides is 1. The topological polar surface area (TPSA) is 75.5 Å². The molecule has 0 bridgehead atoms. The highest BCUT2D eigenvalue weighted by Crippen LogP contribution is 2.28. The van der Waals surface area contributed by atoms with Crippen LogP contribution in [0.3, 0.4) is 0 Å². The Hall–Kier alpha value is -2.19. The number of carbonyl (C=O) groups excluding carboxylic acids is 1. The molecular formula is C23H32N4O3S. The fraction of sp³-hybridized carbons (Fsp3) is 0.565. The monoisotopic (exact) mass is 444 g/mol. The Morgan fingerprint density at radius 3 is 2.48 bits per heavy atom. The summed E-state index contributed by atoms with van der Waals surface area (Å²) in [5, 5.41) is 4.48. The number of rotatable bonds is 5. The van der Waals surface area contributed by atoms with Gasteiger partial charge in [-0.15, -0.1) is 0 Å². The standard InChI is InChI=1S/C23H32N4O3S/c1-17-8-13-26(14-9-17)31(29,30)23-18(2)24-27(19(23)3)15-11-22(28)25-12-10-20-6-4-5-7-21(20)16-25/h4-7,17H,8-16H2,1-3H3. The first kappa shape index (κ1) is 22.0. The normalized spacial score (nSPS) is 18.2. The van der Waals surface area contributed by atoms with Gasteiger partial charge in [-0.1, -0.05) is 31.2 Å². The number of nitrogens with zero attached hydrogens (tertiary/aromatic N) is 4. The summed E-state index contributed by atoms with van der Waals surface area (Å²) in [6.45, 7) is 8.56. The zero-order chi connectivity index (χ0) is 22.2. The number of aryl methyl sites for hydroxylation is 2. The molecule has 1 aromatic heterocycles. The van der Waals surface area contributed by atoms with E-state index in [0.717, 1.165) is 25.8 Å². The summed E-state index contributed by atoms with van der Waals surface area (Å²) in [7, 11) is -3.56. The molecule has 2 aliphatic heterocycles. The molecule has 0 radical (unpaired) electrons. The van der Waals surface area contributed by atoms with Crippen LogP contribution in [0.1, 0.15) is 48.7 Å². The van der Waals surface area contributed by atoms with Crippen LogP contribution in [0.4, 0.5) is 0 Å². The van der Waals surface area contributed by atoms with Crippen LogP contribution in [-0.4, -0.2) is 52.9 Å². The maximum atomic E-state index is 13.2. The number of aromatic nitrogens is 2. The van der Waals surface area contributed by atoms with Gasteiger partial charge in [0.15, 0.2) is 0 Å². The SMILES string of the molecule is Cc1nn(CCC(=O)N2CCc3ccccc3C2)c(C)c1S(=O)(=O)N1CCC(C)CC1. The van der Waals surface area contributed by atoms with Crippen molar-refractivity contribution in [2.45, 2.75) is 64.4 Å². The molecule has 2 aromatic rings. The average molecular weight is 445 g/mol. The second-order valence-corrected chi connectivity index (χ2v) is 10.8. The molecule has 0 spiro atoms. The van der Waals surface area contributed by atoms with Crippen molar-refractivity contribution in [2.24, 2.45) is 5.92 Å². The second-order valence-electron chi connectivity index (χ2n) is 8.89. The van der Waals surface area contributed by atoms with Gasteiger partial charge in [-0.05, 0) is 50.2 Å². The van der Waals surface area contributed by atoms with Crippen LogP contribution in [-0.2, 0) is 34.3 Å². The van der Waals surface area contributed by atoms with Gasteiger partial charge in [0.25, 0.3) is 0 Å². The molecule has 2 aliphatic rings. The van der Waals surface area contributed by atoms with E-state index in [1.807, 2.05) is 17.0 Å². The minimum atomic E-state index is -3.56.